The van der Waals surface area contributed by atoms with Crippen molar-refractivity contribution in [1.29, 1.82) is 0 Å². The van der Waals surface area contributed by atoms with Gasteiger partial charge in [0.15, 0.2) is 11.5 Å². The van der Waals surface area contributed by atoms with Gasteiger partial charge in [-0.2, -0.15) is 0 Å². The maximum Gasteiger partial charge on any atom is 0.261 e. The van der Waals surface area contributed by atoms with Crippen LogP contribution in [-0.2, 0) is 11.3 Å². The number of aryl methyl sites for hydroxylation is 1. The summed E-state index contributed by atoms with van der Waals surface area (Å²) in [6.45, 7) is 1.69. The summed E-state index contributed by atoms with van der Waals surface area (Å²) in [5, 5.41) is 3.30. The Morgan fingerprint density at radius 1 is 1.19 bits per heavy atom. The van der Waals surface area contributed by atoms with E-state index >= 15 is 0 Å². The number of hydrogen-bond donors (Lipinski definition) is 2. The van der Waals surface area contributed by atoms with Crippen molar-refractivity contribution in [3.8, 4) is 11.5 Å². The predicted molar refractivity (Wildman–Crippen MR) is 107 cm³/mol. The molecule has 1 amide bonds. The quantitative estimate of drug-likeness (QED) is 0.586. The van der Waals surface area contributed by atoms with Crippen LogP contribution in [0.15, 0.2) is 23.3 Å². The third-order valence-electron chi connectivity index (χ3n) is 4.09. The molecular weight excluding hydrogens is 372 g/mol. The molecule has 150 valence electrons. The molecule has 0 bridgehead atoms. The van der Waals surface area contributed by atoms with Gasteiger partial charge in [0.1, 0.15) is 0 Å². The molecule has 0 saturated carbocycles. The lowest BCUT2D eigenvalue weighted by Crippen LogP contribution is -2.26. The molecule has 0 fully saturated rings. The number of rotatable bonds is 10. The van der Waals surface area contributed by atoms with E-state index < -0.39 is 0 Å². The van der Waals surface area contributed by atoms with Crippen molar-refractivity contribution in [2.75, 3.05) is 27.3 Å². The van der Waals surface area contributed by atoms with Crippen LogP contribution in [0.25, 0.3) is 10.9 Å². The molecule has 0 spiro atoms. The fraction of sp³-hybridized carbons (Fsp3) is 0.500. The average molecular weight is 399 g/mol. The van der Waals surface area contributed by atoms with Crippen molar-refractivity contribution in [3.63, 3.8) is 0 Å². The Labute approximate surface area is 164 Å². The number of carbonyl (C=O) groups is 1. The van der Waals surface area contributed by atoms with E-state index in [1.807, 2.05) is 0 Å². The zero-order valence-corrected chi connectivity index (χ0v) is 16.5. The van der Waals surface area contributed by atoms with Crippen LogP contribution >= 0.6 is 12.4 Å². The molecule has 27 heavy (non-hydrogen) atoms. The van der Waals surface area contributed by atoms with Gasteiger partial charge in [-0.25, -0.2) is 4.98 Å². The Kier molecular flexibility index (Phi) is 9.60. The fourth-order valence-corrected chi connectivity index (χ4v) is 2.64. The minimum atomic E-state index is -0.167. The smallest absolute Gasteiger partial charge is 0.261 e. The summed E-state index contributed by atoms with van der Waals surface area (Å²) in [4.78, 5) is 28.7. The van der Waals surface area contributed by atoms with Gasteiger partial charge in [0.05, 0.1) is 31.4 Å². The Bertz CT molecular complexity index is 810. The van der Waals surface area contributed by atoms with Gasteiger partial charge in [-0.3, -0.25) is 14.2 Å². The van der Waals surface area contributed by atoms with Crippen LogP contribution in [0.4, 0.5) is 0 Å². The fourth-order valence-electron chi connectivity index (χ4n) is 2.64. The molecule has 1 aromatic heterocycles. The summed E-state index contributed by atoms with van der Waals surface area (Å²) in [6.07, 6.45) is 4.19. The molecule has 0 aliphatic heterocycles. The Morgan fingerprint density at radius 2 is 1.89 bits per heavy atom. The zero-order chi connectivity index (χ0) is 18.9. The van der Waals surface area contributed by atoms with E-state index in [9.17, 15) is 9.59 Å². The molecule has 8 nitrogen and oxygen atoms in total. The summed E-state index contributed by atoms with van der Waals surface area (Å²) in [5.74, 6) is 0.986. The number of ether oxygens (including phenoxy) is 2. The second-order valence-electron chi connectivity index (χ2n) is 5.92. The molecule has 0 aliphatic carbocycles. The molecule has 2 rings (SSSR count). The van der Waals surface area contributed by atoms with Gasteiger partial charge in [0, 0.05) is 25.6 Å². The van der Waals surface area contributed by atoms with Crippen molar-refractivity contribution in [1.82, 2.24) is 14.9 Å². The highest BCUT2D eigenvalue weighted by Crippen LogP contribution is 2.29. The molecule has 2 aromatic rings. The lowest BCUT2D eigenvalue weighted by Gasteiger charge is -2.10. The van der Waals surface area contributed by atoms with Gasteiger partial charge in [-0.15, -0.1) is 12.4 Å². The van der Waals surface area contributed by atoms with Crippen LogP contribution in [-0.4, -0.2) is 42.8 Å². The highest BCUT2D eigenvalue weighted by atomic mass is 35.5. The number of benzene rings is 1. The van der Waals surface area contributed by atoms with Crippen molar-refractivity contribution in [3.05, 3.63) is 28.8 Å². The van der Waals surface area contributed by atoms with Gasteiger partial charge in [-0.1, -0.05) is 0 Å². The van der Waals surface area contributed by atoms with E-state index in [-0.39, 0.29) is 23.9 Å². The number of nitrogens with zero attached hydrogens (tertiary/aromatic N) is 2. The molecule has 0 aliphatic rings. The third-order valence-corrected chi connectivity index (χ3v) is 4.09. The molecule has 1 heterocycles. The second-order valence-corrected chi connectivity index (χ2v) is 5.92. The number of hydrogen-bond acceptors (Lipinski definition) is 6. The maximum atomic E-state index is 12.6. The molecule has 0 unspecified atom stereocenters. The highest BCUT2D eigenvalue weighted by Gasteiger charge is 2.11. The van der Waals surface area contributed by atoms with E-state index in [4.69, 9.17) is 15.2 Å². The van der Waals surface area contributed by atoms with E-state index in [2.05, 4.69) is 10.3 Å². The normalized spacial score (nSPS) is 10.3. The van der Waals surface area contributed by atoms with Crippen LogP contribution in [0.5, 0.6) is 11.5 Å². The number of amides is 1. The molecule has 0 radical (unpaired) electrons. The van der Waals surface area contributed by atoms with Crippen molar-refractivity contribution in [2.45, 2.75) is 32.2 Å². The van der Waals surface area contributed by atoms with Crippen LogP contribution in [0, 0.1) is 0 Å². The highest BCUT2D eigenvalue weighted by molar-refractivity contribution is 5.85. The van der Waals surface area contributed by atoms with E-state index in [1.54, 1.807) is 12.1 Å². The zero-order valence-electron chi connectivity index (χ0n) is 15.7. The summed E-state index contributed by atoms with van der Waals surface area (Å²) < 4.78 is 12.0. The molecule has 3 N–H and O–H groups in total. The predicted octanol–water partition coefficient (Wildman–Crippen LogP) is 1.47. The number of methoxy groups -OCH3 is 2. The van der Waals surface area contributed by atoms with E-state index in [0.717, 1.165) is 12.8 Å². The van der Waals surface area contributed by atoms with Crippen LogP contribution in [0.1, 0.15) is 25.7 Å². The van der Waals surface area contributed by atoms with Gasteiger partial charge in [-0.05, 0) is 31.9 Å². The standard InChI is InChI=1S/C18H26N4O4.ClH/c1-25-15-10-13-14(11-16(15)26-2)21-12-22(18(13)24)9-5-6-17(23)20-8-4-3-7-19;/h10-12H,3-9,19H2,1-2H3,(H,20,23);1H. The Hall–Kier alpha value is -2.32. The Morgan fingerprint density at radius 3 is 2.56 bits per heavy atom. The SMILES string of the molecule is COc1cc2ncn(CCCC(=O)NCCCCN)c(=O)c2cc1OC.Cl. The molecule has 0 saturated heterocycles. The first-order valence-electron chi connectivity index (χ1n) is 8.68. The maximum absolute atomic E-state index is 12.6. The number of unbranched alkanes of at least 4 members (excludes halogenated alkanes) is 1. The minimum Gasteiger partial charge on any atom is -0.493 e. The molecule has 1 aromatic carbocycles. The number of aromatic nitrogens is 2. The Balaban J connectivity index is 0.00000364. The monoisotopic (exact) mass is 398 g/mol. The largest absolute Gasteiger partial charge is 0.493 e. The van der Waals surface area contributed by atoms with Crippen LogP contribution in [0.3, 0.4) is 0 Å². The average Bonchev–Trinajstić information content (AvgIpc) is 2.66. The van der Waals surface area contributed by atoms with Gasteiger partial charge in [0.2, 0.25) is 5.91 Å². The van der Waals surface area contributed by atoms with Crippen molar-refractivity contribution < 1.29 is 14.3 Å². The van der Waals surface area contributed by atoms with Crippen LogP contribution < -0.4 is 26.1 Å². The number of carbonyl (C=O) groups excluding carboxylic acids is 1. The van der Waals surface area contributed by atoms with Gasteiger partial charge >= 0.3 is 0 Å². The summed E-state index contributed by atoms with van der Waals surface area (Å²) >= 11 is 0. The first-order chi connectivity index (χ1) is 12.6. The number of nitrogens with two attached hydrogens (primary N) is 1. The summed E-state index contributed by atoms with van der Waals surface area (Å²) in [7, 11) is 3.05. The van der Waals surface area contributed by atoms with Crippen molar-refractivity contribution >= 4 is 29.2 Å². The topological polar surface area (TPSA) is 108 Å². The minimum absolute atomic E-state index is 0. The third kappa shape index (κ3) is 6.11. The second kappa shape index (κ2) is 11.4. The first kappa shape index (κ1) is 22.7. The van der Waals surface area contributed by atoms with Crippen molar-refractivity contribution in [2.24, 2.45) is 5.73 Å². The van der Waals surface area contributed by atoms with Gasteiger partial charge < -0.3 is 20.5 Å². The van der Waals surface area contributed by atoms with E-state index in [0.29, 0.717) is 54.9 Å². The lowest BCUT2D eigenvalue weighted by atomic mass is 10.2. The van der Waals surface area contributed by atoms with Gasteiger partial charge in [0.25, 0.3) is 5.56 Å². The van der Waals surface area contributed by atoms with E-state index in [1.165, 1.54) is 25.1 Å². The number of nitrogens with one attached hydrogen (secondary N) is 1. The summed E-state index contributed by atoms with van der Waals surface area (Å²) in [6, 6.07) is 3.30. The summed E-state index contributed by atoms with van der Waals surface area (Å²) in [5.41, 5.74) is 5.79. The van der Waals surface area contributed by atoms with Crippen LogP contribution in [0.2, 0.25) is 0 Å². The number of halogens is 1. The molecule has 0 atom stereocenters. The molecular formula is C18H27ClN4O4. The lowest BCUT2D eigenvalue weighted by molar-refractivity contribution is -0.121. The first-order valence-corrected chi connectivity index (χ1v) is 8.68. The number of fused-ring (bicyclic) bond motifs is 1. The molecule has 9 heteroatoms.